The maximum Gasteiger partial charge on any atom is 0.410 e. The van der Waals surface area contributed by atoms with Gasteiger partial charge in [-0.2, -0.15) is 0 Å². The summed E-state index contributed by atoms with van der Waals surface area (Å²) in [5.74, 6) is 6.48. The van der Waals surface area contributed by atoms with Crippen LogP contribution < -0.4 is 26.6 Å². The molecule has 0 saturated heterocycles. The Morgan fingerprint density at radius 3 is 1.47 bits per heavy atom. The van der Waals surface area contributed by atoms with Crippen LogP contribution in [0.2, 0.25) is 15.1 Å². The van der Waals surface area contributed by atoms with Crippen molar-refractivity contribution in [3.8, 4) is 23.7 Å². The van der Waals surface area contributed by atoms with Crippen molar-refractivity contribution in [1.82, 2.24) is 50.4 Å². The lowest BCUT2D eigenvalue weighted by Gasteiger charge is -2.38. The van der Waals surface area contributed by atoms with E-state index in [0.717, 1.165) is 98.8 Å². The zero-order valence-corrected chi connectivity index (χ0v) is 59.3. The average molecular weight is 1390 g/mol. The number of amides is 2. The van der Waals surface area contributed by atoms with Crippen molar-refractivity contribution in [2.24, 2.45) is 20.9 Å². The highest BCUT2D eigenvalue weighted by molar-refractivity contribution is 9.10. The molecule has 2 atom stereocenters. The van der Waals surface area contributed by atoms with E-state index in [2.05, 4.69) is 116 Å². The van der Waals surface area contributed by atoms with Gasteiger partial charge in [0.05, 0.1) is 73.9 Å². The number of anilines is 3. The Balaban J connectivity index is 0.000000172. The van der Waals surface area contributed by atoms with Crippen LogP contribution in [-0.4, -0.2) is 143 Å². The molecule has 4 fully saturated rings. The molecule has 0 unspecified atom stereocenters. The first-order chi connectivity index (χ1) is 43.2. The predicted octanol–water partition coefficient (Wildman–Crippen LogP) is 15.0. The first kappa shape index (κ1) is 73.1. The average Bonchev–Trinajstić information content (AvgIpc) is 1.56. The third kappa shape index (κ3) is 16.1. The van der Waals surface area contributed by atoms with Crippen molar-refractivity contribution in [1.29, 1.82) is 0 Å². The van der Waals surface area contributed by atoms with E-state index >= 15 is 0 Å². The second-order valence-electron chi connectivity index (χ2n) is 26.5. The molecule has 20 nitrogen and oxygen atoms in total. The smallest absolute Gasteiger partial charge is 0.410 e. The molecule has 5 aromatic rings. The standard InChI is InChI=1S/C21H27ClN6O2.C16H19ClN6.C12H12BrClN2.C9H15NO2.C9H19N.CH4/c1-20(2,3)30-19(29)27(5)11-13-12-28(26-25-13)17-10-16-14(9-15(17)22)21(7-6-8-21)18(23-4)24-16;1-18-8-10-9-23(22-21-10)14-7-13-11(6-12(14)17)16(4-3-5-16)15(19-2)20-13;1-15-11-12(3-2-4-12)7-5-9(14)8(13)6-10(7)16-11;1-6-7-10(5)8(11)12-9(2,3)4;1-3-8-6-4-5-7-9(8)10-2;/h9-10,12H,6-8,11H2,1-5H3,(H,23,24);6-7,9,18H,3-5,8H2,1-2H3,(H,19,20);5-6H,2-4H2,1H3,(H,15,16);1H,7H2,2-5H3;8-10H,3-7H2,1-2H3;1H4/t;;;;8-,9-;/m....0./s1. The lowest BCUT2D eigenvalue weighted by Crippen LogP contribution is -2.41. The first-order valence-electron chi connectivity index (χ1n) is 31.6. The number of carbonyl (C=O) groups excluding carboxylic acids is 2. The monoisotopic (exact) mass is 1380 g/mol. The zero-order chi connectivity index (χ0) is 66.2. The number of carbonyl (C=O) groups is 2. The van der Waals surface area contributed by atoms with E-state index in [0.29, 0.717) is 22.3 Å². The number of hydrogen-bond acceptors (Lipinski definition) is 13. The number of aromatic nitrogens is 6. The van der Waals surface area contributed by atoms with Crippen molar-refractivity contribution in [2.75, 3.05) is 71.8 Å². The largest absolute Gasteiger partial charge is 0.444 e. The number of hydrogen-bond donors (Lipinski definition) is 5. The van der Waals surface area contributed by atoms with Crippen LogP contribution in [0.4, 0.5) is 26.7 Å². The lowest BCUT2D eigenvalue weighted by atomic mass is 9.65. The Kier molecular flexibility index (Phi) is 24.5. The maximum absolute atomic E-state index is 12.2. The van der Waals surface area contributed by atoms with E-state index in [4.69, 9.17) is 50.7 Å². The number of ether oxygens (including phenoxy) is 2. The van der Waals surface area contributed by atoms with Crippen molar-refractivity contribution in [2.45, 2.75) is 192 Å². The van der Waals surface area contributed by atoms with Gasteiger partial charge in [-0.1, -0.05) is 104 Å². The lowest BCUT2D eigenvalue weighted by molar-refractivity contribution is 0.0280. The van der Waals surface area contributed by atoms with E-state index < -0.39 is 17.3 Å². The van der Waals surface area contributed by atoms with Crippen LogP contribution >= 0.6 is 50.7 Å². The number of rotatable bonds is 9. The molecule has 0 radical (unpaired) electrons. The molecule has 12 rings (SSSR count). The summed E-state index contributed by atoms with van der Waals surface area (Å²) in [6, 6.07) is 13.1. The van der Waals surface area contributed by atoms with E-state index in [1.807, 2.05) is 94.1 Å². The zero-order valence-electron chi connectivity index (χ0n) is 55.4. The fraction of sp³-hybridized carbons (Fsp3) is 0.574. The minimum absolute atomic E-state index is 0. The maximum atomic E-state index is 12.2. The van der Waals surface area contributed by atoms with Gasteiger partial charge in [0.2, 0.25) is 0 Å². The van der Waals surface area contributed by atoms with Gasteiger partial charge in [0.1, 0.15) is 34.4 Å². The summed E-state index contributed by atoms with van der Waals surface area (Å²) in [4.78, 5) is 39.5. The second-order valence-corrected chi connectivity index (χ2v) is 28.5. The molecule has 500 valence electrons. The fourth-order valence-corrected chi connectivity index (χ4v) is 14.0. The van der Waals surface area contributed by atoms with Gasteiger partial charge >= 0.3 is 12.2 Å². The summed E-state index contributed by atoms with van der Waals surface area (Å²) < 4.78 is 14.7. The van der Waals surface area contributed by atoms with Gasteiger partial charge < -0.3 is 45.9 Å². The Morgan fingerprint density at radius 1 is 0.674 bits per heavy atom. The Morgan fingerprint density at radius 2 is 1.09 bits per heavy atom. The van der Waals surface area contributed by atoms with Crippen LogP contribution in [0.1, 0.15) is 174 Å². The van der Waals surface area contributed by atoms with Gasteiger partial charge in [-0.25, -0.2) is 19.0 Å². The van der Waals surface area contributed by atoms with Gasteiger partial charge in [-0.15, -0.1) is 16.6 Å². The topological polar surface area (TPSA) is 218 Å². The quantitative estimate of drug-likeness (QED) is 0.0869. The van der Waals surface area contributed by atoms with Crippen LogP contribution in [-0.2, 0) is 38.8 Å². The number of fused-ring (bicyclic) bond motifs is 6. The minimum Gasteiger partial charge on any atom is -0.444 e. The summed E-state index contributed by atoms with van der Waals surface area (Å²) in [5, 5.41) is 35.6. The number of amidine groups is 3. The van der Waals surface area contributed by atoms with E-state index in [-0.39, 0.29) is 42.9 Å². The first-order valence-corrected chi connectivity index (χ1v) is 33.5. The van der Waals surface area contributed by atoms with E-state index in [1.165, 1.54) is 90.7 Å². The van der Waals surface area contributed by atoms with Gasteiger partial charge in [0.25, 0.3) is 0 Å². The molecule has 4 aliphatic carbocycles. The summed E-state index contributed by atoms with van der Waals surface area (Å²) in [7, 11) is 12.8. The van der Waals surface area contributed by atoms with Crippen LogP contribution in [0.3, 0.4) is 0 Å². The molecule has 2 amide bonds. The molecule has 2 aromatic heterocycles. The third-order valence-corrected chi connectivity index (χ3v) is 19.9. The molecule has 7 aliphatic rings. The molecule has 3 aromatic carbocycles. The van der Waals surface area contributed by atoms with Gasteiger partial charge in [-0.05, 0) is 182 Å². The Bertz CT molecular complexity index is 3540. The summed E-state index contributed by atoms with van der Waals surface area (Å²) >= 11 is 22.8. The van der Waals surface area contributed by atoms with Crippen LogP contribution in [0.5, 0.6) is 0 Å². The molecule has 5 heterocycles. The molecule has 0 bridgehead atoms. The van der Waals surface area contributed by atoms with Gasteiger partial charge in [0, 0.05) is 69.4 Å². The van der Waals surface area contributed by atoms with Crippen LogP contribution in [0, 0.1) is 18.3 Å². The molecule has 4 saturated carbocycles. The number of halogens is 4. The molecular formula is C68H96BrCl3N16O4. The summed E-state index contributed by atoms with van der Waals surface area (Å²) in [6.07, 6.45) is 25.5. The minimum atomic E-state index is -0.549. The Labute approximate surface area is 568 Å². The van der Waals surface area contributed by atoms with Crippen molar-refractivity contribution < 1.29 is 19.1 Å². The molecule has 3 spiro atoms. The number of aliphatic imine (C=N–C) groups is 3. The van der Waals surface area contributed by atoms with Gasteiger partial charge in [0.15, 0.2) is 0 Å². The second kappa shape index (κ2) is 30.9. The normalized spacial score (nSPS) is 19.9. The van der Waals surface area contributed by atoms with Crippen molar-refractivity contribution in [3.63, 3.8) is 0 Å². The number of nitrogens with one attached hydrogen (secondary N) is 5. The van der Waals surface area contributed by atoms with Crippen LogP contribution in [0.25, 0.3) is 11.4 Å². The third-order valence-electron chi connectivity index (χ3n) is 18.1. The SMILES string of the molecule is C.C#CCN(C)C(=O)OC(C)(C)C.CC[C@H]1CCCC[C@@H]1NC.CN=C1Nc2cc(-n3cc(CN(C)C(=O)OC(C)(C)C)nn3)c(Cl)cc2C12CCC2.CN=C1Nc2cc(-n3cc(CNC)nn3)c(Cl)cc2C12CCC2.CN=C1Nc2cc(Br)c(Cl)cc2C12CCC2. The molecule has 5 N–H and O–H groups in total. The van der Waals surface area contributed by atoms with Crippen LogP contribution in [0.15, 0.2) is 68.2 Å². The van der Waals surface area contributed by atoms with Gasteiger partial charge in [-0.3, -0.25) is 15.0 Å². The van der Waals surface area contributed by atoms with Crippen molar-refractivity contribution in [3.05, 3.63) is 96.4 Å². The highest BCUT2D eigenvalue weighted by Crippen LogP contribution is 2.55. The summed E-state index contributed by atoms with van der Waals surface area (Å²) in [6.45, 7) is 14.5. The van der Waals surface area contributed by atoms with E-state index in [1.54, 1.807) is 29.7 Å². The van der Waals surface area contributed by atoms with Crippen molar-refractivity contribution >= 4 is 97.5 Å². The molecular weight excluding hydrogens is 1290 g/mol. The summed E-state index contributed by atoms with van der Waals surface area (Å²) in [5.41, 5.74) is 9.25. The number of benzene rings is 3. The van der Waals surface area contributed by atoms with E-state index in [9.17, 15) is 9.59 Å². The molecule has 3 aliphatic heterocycles. The highest BCUT2D eigenvalue weighted by Gasteiger charge is 2.51. The fourth-order valence-electron chi connectivity index (χ4n) is 13.0. The number of terminal acetylenes is 1. The molecule has 92 heavy (non-hydrogen) atoms. The highest BCUT2D eigenvalue weighted by atomic mass is 79.9. The number of nitrogens with zero attached hydrogens (tertiary/aromatic N) is 11. The Hall–Kier alpha value is -6.28. The predicted molar refractivity (Wildman–Crippen MR) is 379 cm³/mol. The molecule has 24 heteroatoms.